The zero-order valence-electron chi connectivity index (χ0n) is 22.7. The molecule has 2 aromatic heterocycles. The number of hydrogen-bond donors (Lipinski definition) is 3. The van der Waals surface area contributed by atoms with E-state index in [-0.39, 0.29) is 29.7 Å². The Morgan fingerprint density at radius 2 is 1.88 bits per heavy atom. The fourth-order valence-corrected chi connectivity index (χ4v) is 4.51. The van der Waals surface area contributed by atoms with Crippen LogP contribution in [0.2, 0.25) is 0 Å². The van der Waals surface area contributed by atoms with E-state index in [4.69, 9.17) is 9.15 Å². The Balaban J connectivity index is 0.000000197. The molecule has 6 rings (SSSR count). The zero-order valence-corrected chi connectivity index (χ0v) is 22.7. The predicted octanol–water partition coefficient (Wildman–Crippen LogP) is 2.48. The third-order valence-electron chi connectivity index (χ3n) is 6.40. The van der Waals surface area contributed by atoms with Crippen LogP contribution < -0.4 is 25.6 Å². The van der Waals surface area contributed by atoms with Crippen LogP contribution in [0.5, 0.6) is 5.75 Å². The number of rotatable bonds is 3. The van der Waals surface area contributed by atoms with Crippen LogP contribution in [0, 0.1) is 5.82 Å². The van der Waals surface area contributed by atoms with Crippen LogP contribution in [-0.2, 0) is 16.1 Å². The van der Waals surface area contributed by atoms with Gasteiger partial charge in [0.05, 0.1) is 19.2 Å². The van der Waals surface area contributed by atoms with Crippen LogP contribution >= 0.6 is 0 Å². The van der Waals surface area contributed by atoms with E-state index in [1.807, 2.05) is 18.7 Å². The lowest BCUT2D eigenvalue weighted by molar-refractivity contribution is -0.121. The van der Waals surface area contributed by atoms with Crippen molar-refractivity contribution in [2.45, 2.75) is 32.9 Å². The number of urea groups is 1. The van der Waals surface area contributed by atoms with Crippen molar-refractivity contribution in [3.63, 3.8) is 0 Å². The number of methoxy groups -OCH3 is 1. The molecular formula is C27H31FN6O6. The molecular weight excluding hydrogens is 523 g/mol. The maximum atomic E-state index is 13.6. The molecule has 1 unspecified atom stereocenters. The van der Waals surface area contributed by atoms with Crippen molar-refractivity contribution in [1.82, 2.24) is 25.8 Å². The minimum absolute atomic E-state index is 0.0346. The molecule has 5 heterocycles. The maximum Gasteiger partial charge on any atom is 0.322 e. The van der Waals surface area contributed by atoms with Gasteiger partial charge in [-0.05, 0) is 30.2 Å². The highest BCUT2D eigenvalue weighted by molar-refractivity contribution is 6.04. The molecule has 0 aliphatic carbocycles. The topological polar surface area (TPSA) is 146 Å². The van der Waals surface area contributed by atoms with Crippen LogP contribution in [0.1, 0.15) is 48.0 Å². The number of nitrogens with zero attached hydrogens (tertiary/aromatic N) is 3. The molecule has 5 amide bonds. The van der Waals surface area contributed by atoms with Crippen LogP contribution in [0.3, 0.4) is 0 Å². The fraction of sp³-hybridized carbons (Fsp3) is 0.370. The highest BCUT2D eigenvalue weighted by Crippen LogP contribution is 2.30. The number of hydrogen-bond acceptors (Lipinski definition) is 8. The average Bonchev–Trinajstić information content (AvgIpc) is 3.55. The summed E-state index contributed by atoms with van der Waals surface area (Å²) in [7, 11) is 3.03. The molecule has 0 radical (unpaired) electrons. The summed E-state index contributed by atoms with van der Waals surface area (Å²) >= 11 is 0. The fourth-order valence-electron chi connectivity index (χ4n) is 4.51. The lowest BCUT2D eigenvalue weighted by Gasteiger charge is -2.19. The van der Waals surface area contributed by atoms with Crippen molar-refractivity contribution in [3.05, 3.63) is 53.0 Å². The molecule has 1 atom stereocenters. The maximum absolute atomic E-state index is 13.6. The number of nitrogens with one attached hydrogen (secondary N) is 3. The molecule has 1 aromatic carbocycles. The second-order valence-corrected chi connectivity index (χ2v) is 9.00. The van der Waals surface area contributed by atoms with Gasteiger partial charge in [-0.2, -0.15) is 0 Å². The number of carbonyl (C=O) groups is 4. The molecule has 13 heteroatoms. The number of halogens is 1. The molecule has 3 aliphatic rings. The molecule has 3 aromatic rings. The Kier molecular flexibility index (Phi) is 8.51. The van der Waals surface area contributed by atoms with Gasteiger partial charge in [0, 0.05) is 32.7 Å². The van der Waals surface area contributed by atoms with E-state index >= 15 is 0 Å². The van der Waals surface area contributed by atoms with E-state index < -0.39 is 23.8 Å². The van der Waals surface area contributed by atoms with Crippen molar-refractivity contribution in [1.29, 1.82) is 0 Å². The van der Waals surface area contributed by atoms with E-state index in [1.54, 1.807) is 37.4 Å². The lowest BCUT2D eigenvalue weighted by atomic mass is 10.1. The normalized spacial score (nSPS) is 18.1. The van der Waals surface area contributed by atoms with Gasteiger partial charge in [-0.25, -0.2) is 14.2 Å². The van der Waals surface area contributed by atoms with Crippen LogP contribution in [0.4, 0.5) is 15.0 Å². The standard InChI is InChI=1S/C15H15N5O4.C10H10FNO2.C2H6/c21-12-7-20(5-1-4-16-12)11-3-2-9-8(17-11)6-10(24-9)13-14(22)19-15(23)18-13;1-12-5-6-3-4-7(14-2)9(11)8(6)10(12)13;1-2/h2-3,6,13H,1,4-5,7H2,(H,16,21)(H2,18,19,22,23);3-4H,5H2,1-2H3;1-2H3. The first-order chi connectivity index (χ1) is 19.2. The number of ether oxygens (including phenoxy) is 1. The van der Waals surface area contributed by atoms with E-state index in [0.29, 0.717) is 35.8 Å². The number of imide groups is 1. The first kappa shape index (κ1) is 28.3. The molecule has 212 valence electrons. The zero-order chi connectivity index (χ0) is 29.0. The molecule has 0 bridgehead atoms. The highest BCUT2D eigenvalue weighted by atomic mass is 19.1. The van der Waals surface area contributed by atoms with E-state index in [9.17, 15) is 23.6 Å². The summed E-state index contributed by atoms with van der Waals surface area (Å²) < 4.78 is 24.1. The van der Waals surface area contributed by atoms with E-state index in [0.717, 1.165) is 18.5 Å². The van der Waals surface area contributed by atoms with Crippen molar-refractivity contribution in [2.75, 3.05) is 38.7 Å². The number of aromatic nitrogens is 1. The number of amides is 5. The van der Waals surface area contributed by atoms with Crippen LogP contribution in [0.15, 0.2) is 34.7 Å². The average molecular weight is 555 g/mol. The van der Waals surface area contributed by atoms with Gasteiger partial charge < -0.3 is 29.6 Å². The summed E-state index contributed by atoms with van der Waals surface area (Å²) in [5.41, 5.74) is 1.95. The van der Waals surface area contributed by atoms with E-state index in [2.05, 4.69) is 20.9 Å². The largest absolute Gasteiger partial charge is 0.494 e. The minimum Gasteiger partial charge on any atom is -0.494 e. The third kappa shape index (κ3) is 5.67. The summed E-state index contributed by atoms with van der Waals surface area (Å²) in [6, 6.07) is 7.03. The molecule has 0 saturated carbocycles. The van der Waals surface area contributed by atoms with Crippen LogP contribution in [0.25, 0.3) is 11.1 Å². The number of benzene rings is 1. The van der Waals surface area contributed by atoms with Gasteiger partial charge in [-0.15, -0.1) is 0 Å². The Morgan fingerprint density at radius 3 is 2.58 bits per heavy atom. The quantitative estimate of drug-likeness (QED) is 0.419. The molecule has 2 fully saturated rings. The Morgan fingerprint density at radius 1 is 1.10 bits per heavy atom. The third-order valence-corrected chi connectivity index (χ3v) is 6.40. The SMILES string of the molecule is CC.COc1ccc2c(c1F)C(=O)N(C)C2.O=C1CN(c2ccc3oc(C4NC(=O)NC4=O)cc3n2)CCCN1. The van der Waals surface area contributed by atoms with Gasteiger partial charge in [-0.1, -0.05) is 19.9 Å². The minimum atomic E-state index is -0.848. The molecule has 40 heavy (non-hydrogen) atoms. The summed E-state index contributed by atoms with van der Waals surface area (Å²) in [5.74, 6) is -0.211. The number of furan rings is 1. The van der Waals surface area contributed by atoms with Crippen molar-refractivity contribution in [2.24, 2.45) is 0 Å². The Hall–Kier alpha value is -4.68. The summed E-state index contributed by atoms with van der Waals surface area (Å²) in [6.45, 7) is 6.10. The van der Waals surface area contributed by atoms with Gasteiger partial charge in [-0.3, -0.25) is 19.7 Å². The Labute approximate surface area is 229 Å². The molecule has 0 spiro atoms. The number of carbonyl (C=O) groups excluding carboxylic acids is 4. The number of pyridine rings is 1. The van der Waals surface area contributed by atoms with Gasteiger partial charge in [0.2, 0.25) is 5.91 Å². The van der Waals surface area contributed by atoms with Crippen LogP contribution in [-0.4, -0.2) is 67.4 Å². The summed E-state index contributed by atoms with van der Waals surface area (Å²) in [6.07, 6.45) is 0.844. The Bertz CT molecular complexity index is 1460. The summed E-state index contributed by atoms with van der Waals surface area (Å²) in [4.78, 5) is 54.1. The molecule has 2 saturated heterocycles. The first-order valence-electron chi connectivity index (χ1n) is 12.9. The smallest absolute Gasteiger partial charge is 0.322 e. The van der Waals surface area contributed by atoms with Gasteiger partial charge in [0.1, 0.15) is 17.1 Å². The molecule has 3 N–H and O–H groups in total. The van der Waals surface area contributed by atoms with Crippen molar-refractivity contribution in [3.8, 4) is 5.75 Å². The number of anilines is 1. The second-order valence-electron chi connectivity index (χ2n) is 9.00. The summed E-state index contributed by atoms with van der Waals surface area (Å²) in [5, 5.41) is 7.47. The van der Waals surface area contributed by atoms with Gasteiger partial charge in [0.25, 0.3) is 11.8 Å². The predicted molar refractivity (Wildman–Crippen MR) is 143 cm³/mol. The second kappa shape index (κ2) is 12.0. The molecule has 12 nitrogen and oxygen atoms in total. The first-order valence-corrected chi connectivity index (χ1v) is 12.9. The monoisotopic (exact) mass is 554 g/mol. The van der Waals surface area contributed by atoms with Crippen molar-refractivity contribution < 1.29 is 32.7 Å². The lowest BCUT2D eigenvalue weighted by Crippen LogP contribution is -2.33. The van der Waals surface area contributed by atoms with E-state index in [1.165, 1.54) is 12.0 Å². The highest BCUT2D eigenvalue weighted by Gasteiger charge is 2.34. The van der Waals surface area contributed by atoms with Gasteiger partial charge >= 0.3 is 6.03 Å². The number of fused-ring (bicyclic) bond motifs is 2. The van der Waals surface area contributed by atoms with Crippen molar-refractivity contribution >= 4 is 40.7 Å². The van der Waals surface area contributed by atoms with Gasteiger partial charge in [0.15, 0.2) is 23.2 Å². The molecule has 3 aliphatic heterocycles.